The van der Waals surface area contributed by atoms with Gasteiger partial charge in [-0.05, 0) is 103 Å². The van der Waals surface area contributed by atoms with Crippen LogP contribution in [0.4, 0.5) is 5.82 Å². The standard InChI is InChI=1S/C31H35N5O/c1-21-17-29-28(27(11-14-33-29)25-9-10-30(32-2)34-19-25)18-26(21)20-36-15-12-23(13-16-36)22-5-7-24(8-6-22)31(37)35(3)4/h5-11,14,17-19,23H,12-13,15-16,20H2,1-4H3,(H,32,34). The van der Waals surface area contributed by atoms with E-state index in [4.69, 9.17) is 0 Å². The fraction of sp³-hybridized carbons (Fsp3) is 0.323. The number of hydrogen-bond acceptors (Lipinski definition) is 5. The van der Waals surface area contributed by atoms with Gasteiger partial charge in [-0.25, -0.2) is 4.98 Å². The second-order valence-corrected chi connectivity index (χ2v) is 10.2. The molecule has 1 fully saturated rings. The van der Waals surface area contributed by atoms with Crippen LogP contribution in [0.1, 0.15) is 45.8 Å². The van der Waals surface area contributed by atoms with Gasteiger partial charge in [0.15, 0.2) is 0 Å². The highest BCUT2D eigenvalue weighted by Gasteiger charge is 2.22. The van der Waals surface area contributed by atoms with Crippen LogP contribution in [0.25, 0.3) is 22.0 Å². The Morgan fingerprint density at radius 1 is 1.03 bits per heavy atom. The van der Waals surface area contributed by atoms with Crippen LogP contribution in [-0.2, 0) is 6.54 Å². The summed E-state index contributed by atoms with van der Waals surface area (Å²) in [5.74, 6) is 1.46. The molecular weight excluding hydrogens is 458 g/mol. The molecule has 0 saturated carbocycles. The number of hydrogen-bond donors (Lipinski definition) is 1. The topological polar surface area (TPSA) is 61.4 Å². The molecule has 1 N–H and O–H groups in total. The fourth-order valence-electron chi connectivity index (χ4n) is 5.29. The van der Waals surface area contributed by atoms with Crippen molar-refractivity contribution in [3.05, 3.63) is 89.2 Å². The Hall–Kier alpha value is -3.77. The first-order valence-electron chi connectivity index (χ1n) is 13.0. The molecule has 190 valence electrons. The molecular formula is C31H35N5O. The lowest BCUT2D eigenvalue weighted by Crippen LogP contribution is -2.32. The van der Waals surface area contributed by atoms with E-state index >= 15 is 0 Å². The summed E-state index contributed by atoms with van der Waals surface area (Å²) in [4.78, 5) is 25.5. The number of carbonyl (C=O) groups is 1. The smallest absolute Gasteiger partial charge is 0.253 e. The summed E-state index contributed by atoms with van der Waals surface area (Å²) < 4.78 is 0. The maximum absolute atomic E-state index is 12.2. The van der Waals surface area contributed by atoms with Gasteiger partial charge in [-0.1, -0.05) is 12.1 Å². The molecule has 1 aliphatic heterocycles. The minimum absolute atomic E-state index is 0.0525. The molecule has 37 heavy (non-hydrogen) atoms. The lowest BCUT2D eigenvalue weighted by molar-refractivity contribution is 0.0827. The fourth-order valence-corrected chi connectivity index (χ4v) is 5.29. The van der Waals surface area contributed by atoms with Crippen molar-refractivity contribution in [1.29, 1.82) is 0 Å². The maximum Gasteiger partial charge on any atom is 0.253 e. The van der Waals surface area contributed by atoms with Crippen molar-refractivity contribution in [3.63, 3.8) is 0 Å². The predicted molar refractivity (Wildman–Crippen MR) is 151 cm³/mol. The number of aryl methyl sites for hydroxylation is 1. The second-order valence-electron chi connectivity index (χ2n) is 10.2. The van der Waals surface area contributed by atoms with E-state index in [-0.39, 0.29) is 5.91 Å². The Morgan fingerprint density at radius 2 is 1.78 bits per heavy atom. The molecule has 1 aliphatic rings. The van der Waals surface area contributed by atoms with Crippen LogP contribution in [0.3, 0.4) is 0 Å². The molecule has 1 amide bonds. The average molecular weight is 494 g/mol. The van der Waals surface area contributed by atoms with Crippen molar-refractivity contribution >= 4 is 22.6 Å². The second kappa shape index (κ2) is 10.7. The molecule has 5 rings (SSSR count). The summed E-state index contributed by atoms with van der Waals surface area (Å²) in [6.07, 6.45) is 6.07. The third-order valence-electron chi connectivity index (χ3n) is 7.55. The molecule has 0 unspecified atom stereocenters. The SMILES string of the molecule is CNc1ccc(-c2ccnc3cc(C)c(CN4CCC(c5ccc(C(=O)N(C)C)cc5)CC4)cc23)cn1. The Bertz CT molecular complexity index is 1390. The van der Waals surface area contributed by atoms with Gasteiger partial charge in [-0.3, -0.25) is 14.7 Å². The maximum atomic E-state index is 12.2. The molecule has 0 spiro atoms. The minimum Gasteiger partial charge on any atom is -0.373 e. The highest BCUT2D eigenvalue weighted by Crippen LogP contribution is 2.32. The number of pyridine rings is 2. The van der Waals surface area contributed by atoms with E-state index < -0.39 is 0 Å². The molecule has 0 radical (unpaired) electrons. The van der Waals surface area contributed by atoms with Crippen LogP contribution in [0.5, 0.6) is 0 Å². The lowest BCUT2D eigenvalue weighted by atomic mass is 9.88. The number of anilines is 1. The molecule has 1 saturated heterocycles. The van der Waals surface area contributed by atoms with Crippen LogP contribution < -0.4 is 5.32 Å². The summed E-state index contributed by atoms with van der Waals surface area (Å²) in [6.45, 7) is 5.26. The quantitative estimate of drug-likeness (QED) is 0.372. The van der Waals surface area contributed by atoms with Crippen LogP contribution in [-0.4, -0.2) is 59.9 Å². The third kappa shape index (κ3) is 5.35. The third-order valence-corrected chi connectivity index (χ3v) is 7.55. The summed E-state index contributed by atoms with van der Waals surface area (Å²) in [7, 11) is 5.46. The van der Waals surface area contributed by atoms with Crippen LogP contribution in [0.15, 0.2) is 67.0 Å². The van der Waals surface area contributed by atoms with Gasteiger partial charge in [0.25, 0.3) is 5.91 Å². The number of amides is 1. The van der Waals surface area contributed by atoms with Crippen molar-refractivity contribution in [2.24, 2.45) is 0 Å². The van der Waals surface area contributed by atoms with Gasteiger partial charge in [-0.15, -0.1) is 0 Å². The zero-order valence-electron chi connectivity index (χ0n) is 22.2. The lowest BCUT2D eigenvalue weighted by Gasteiger charge is -2.32. The number of rotatable bonds is 6. The van der Waals surface area contributed by atoms with E-state index in [0.29, 0.717) is 5.92 Å². The Morgan fingerprint density at radius 3 is 2.43 bits per heavy atom. The average Bonchev–Trinajstić information content (AvgIpc) is 2.93. The molecule has 4 aromatic rings. The molecule has 2 aromatic carbocycles. The number of nitrogens with one attached hydrogen (secondary N) is 1. The molecule has 0 aliphatic carbocycles. The predicted octanol–water partition coefficient (Wildman–Crippen LogP) is 5.73. The van der Waals surface area contributed by atoms with Crippen molar-refractivity contribution in [2.45, 2.75) is 32.2 Å². The van der Waals surface area contributed by atoms with Gasteiger partial charge in [0, 0.05) is 56.6 Å². The van der Waals surface area contributed by atoms with E-state index in [0.717, 1.165) is 60.5 Å². The van der Waals surface area contributed by atoms with Crippen molar-refractivity contribution in [2.75, 3.05) is 39.5 Å². The first-order chi connectivity index (χ1) is 17.9. The van der Waals surface area contributed by atoms with Gasteiger partial charge in [0.2, 0.25) is 0 Å². The van der Waals surface area contributed by atoms with Crippen molar-refractivity contribution in [3.8, 4) is 11.1 Å². The van der Waals surface area contributed by atoms with Gasteiger partial charge < -0.3 is 10.2 Å². The van der Waals surface area contributed by atoms with Gasteiger partial charge >= 0.3 is 0 Å². The molecule has 2 aromatic heterocycles. The molecule has 0 atom stereocenters. The molecule has 6 nitrogen and oxygen atoms in total. The van der Waals surface area contributed by atoms with E-state index in [1.165, 1.54) is 22.1 Å². The highest BCUT2D eigenvalue weighted by molar-refractivity contribution is 5.95. The van der Waals surface area contributed by atoms with Crippen molar-refractivity contribution in [1.82, 2.24) is 19.8 Å². The van der Waals surface area contributed by atoms with Crippen LogP contribution in [0, 0.1) is 6.92 Å². The van der Waals surface area contributed by atoms with Crippen LogP contribution >= 0.6 is 0 Å². The highest BCUT2D eigenvalue weighted by atomic mass is 16.2. The number of fused-ring (bicyclic) bond motifs is 1. The Balaban J connectivity index is 1.30. The normalized spacial score (nSPS) is 14.6. The number of piperidine rings is 1. The largest absolute Gasteiger partial charge is 0.373 e. The number of aromatic nitrogens is 2. The van der Waals surface area contributed by atoms with E-state index in [1.807, 2.05) is 37.6 Å². The van der Waals surface area contributed by atoms with Gasteiger partial charge in [0.05, 0.1) is 5.52 Å². The van der Waals surface area contributed by atoms with E-state index in [9.17, 15) is 4.79 Å². The Kier molecular flexibility index (Phi) is 7.19. The monoisotopic (exact) mass is 493 g/mol. The molecule has 6 heteroatoms. The summed E-state index contributed by atoms with van der Waals surface area (Å²) in [5.41, 5.74) is 8.00. The number of benzene rings is 2. The van der Waals surface area contributed by atoms with Crippen molar-refractivity contribution < 1.29 is 4.79 Å². The zero-order valence-corrected chi connectivity index (χ0v) is 22.2. The molecule has 3 heterocycles. The number of likely N-dealkylation sites (tertiary alicyclic amines) is 1. The molecule has 0 bridgehead atoms. The van der Waals surface area contributed by atoms with Gasteiger partial charge in [-0.2, -0.15) is 0 Å². The number of carbonyl (C=O) groups excluding carboxylic acids is 1. The summed E-state index contributed by atoms with van der Waals surface area (Å²) in [6, 6.07) is 19.0. The van der Waals surface area contributed by atoms with Gasteiger partial charge in [0.1, 0.15) is 5.82 Å². The van der Waals surface area contributed by atoms with Crippen LogP contribution in [0.2, 0.25) is 0 Å². The zero-order chi connectivity index (χ0) is 25.9. The minimum atomic E-state index is 0.0525. The van der Waals surface area contributed by atoms with E-state index in [2.05, 4.69) is 63.5 Å². The van der Waals surface area contributed by atoms with E-state index in [1.54, 1.807) is 19.0 Å². The summed E-state index contributed by atoms with van der Waals surface area (Å²) >= 11 is 0. The Labute approximate surface area is 219 Å². The first-order valence-corrected chi connectivity index (χ1v) is 13.0. The number of nitrogens with zero attached hydrogens (tertiary/aromatic N) is 4. The summed E-state index contributed by atoms with van der Waals surface area (Å²) in [5, 5.41) is 4.26. The first kappa shape index (κ1) is 24.9.